The van der Waals surface area contributed by atoms with Gasteiger partial charge in [-0.05, 0) is 71.8 Å². The summed E-state index contributed by atoms with van der Waals surface area (Å²) in [6.45, 7) is 4.44. The zero-order chi connectivity index (χ0) is 30.5. The second kappa shape index (κ2) is 13.4. The largest absolute Gasteiger partial charge is 0.508 e. The summed E-state index contributed by atoms with van der Waals surface area (Å²) >= 11 is 1.38. The number of hydrogen-bond acceptors (Lipinski definition) is 4. The molecule has 3 nitrogen and oxygen atoms in total. The molecule has 0 fully saturated rings. The molecule has 0 saturated heterocycles. The van der Waals surface area contributed by atoms with Crippen molar-refractivity contribution in [2.24, 2.45) is 5.92 Å². The number of rotatable bonds is 11. The Kier molecular flexibility index (Phi) is 9.46. The fraction of sp³-hybridized carbons (Fsp3) is 0.243. The number of hydrogen-bond donors (Lipinski definition) is 3. The highest BCUT2D eigenvalue weighted by Crippen LogP contribution is 2.37. The molecule has 1 aromatic heterocycles. The van der Waals surface area contributed by atoms with Crippen molar-refractivity contribution in [1.29, 1.82) is 10.8 Å². The maximum Gasteiger partial charge on any atom is 0.132 e. The standard InChI is InChI=1S/C37H36F2N2OS/c1-3-5-6-23(4-2)7-8-24-9-15-30(32(38)21-24)34-19-20-35(43-34)31-18-17-29(36(40)37(31)41)28-16-12-26(22-33(28)39)25-10-13-27(42)14-11-25/h9-23,40-42H,3-8H2,1-2H3. The van der Waals surface area contributed by atoms with E-state index in [1.54, 1.807) is 54.6 Å². The van der Waals surface area contributed by atoms with Crippen molar-refractivity contribution in [2.45, 2.75) is 52.4 Å². The lowest BCUT2D eigenvalue weighted by atomic mass is 9.88. The number of halogens is 2. The number of phenolic OH excluding ortho intramolecular Hbond substituents is 1. The molecule has 3 N–H and O–H groups in total. The summed E-state index contributed by atoms with van der Waals surface area (Å²) in [5, 5.41) is 26.9. The van der Waals surface area contributed by atoms with Crippen molar-refractivity contribution < 1.29 is 13.9 Å². The number of allylic oxidation sites excluding steroid dienone is 4. The van der Waals surface area contributed by atoms with Crippen LogP contribution in [-0.4, -0.2) is 16.5 Å². The van der Waals surface area contributed by atoms with Gasteiger partial charge in [0.05, 0.1) is 11.4 Å². The molecule has 1 aliphatic carbocycles. The monoisotopic (exact) mass is 594 g/mol. The van der Waals surface area contributed by atoms with Crippen LogP contribution in [0, 0.1) is 28.4 Å². The molecule has 0 spiro atoms. The molecule has 0 aliphatic heterocycles. The Morgan fingerprint density at radius 2 is 1.37 bits per heavy atom. The minimum absolute atomic E-state index is 0.00252. The first-order valence-electron chi connectivity index (χ1n) is 14.9. The van der Waals surface area contributed by atoms with Gasteiger partial charge < -0.3 is 5.11 Å². The average molecular weight is 595 g/mol. The highest BCUT2D eigenvalue weighted by molar-refractivity contribution is 7.17. The molecule has 1 unspecified atom stereocenters. The van der Waals surface area contributed by atoms with Crippen LogP contribution in [-0.2, 0) is 6.42 Å². The molecule has 0 radical (unpaired) electrons. The van der Waals surface area contributed by atoms with E-state index in [-0.39, 0.29) is 28.6 Å². The zero-order valence-electron chi connectivity index (χ0n) is 24.5. The lowest BCUT2D eigenvalue weighted by Gasteiger charge is -2.18. The maximum absolute atomic E-state index is 15.2. The van der Waals surface area contributed by atoms with Crippen LogP contribution in [0.15, 0.2) is 84.9 Å². The average Bonchev–Trinajstić information content (AvgIpc) is 3.49. The number of aromatic hydroxyl groups is 1. The third kappa shape index (κ3) is 6.75. The molecule has 0 bridgehead atoms. The number of benzene rings is 3. The van der Waals surface area contributed by atoms with Crippen LogP contribution < -0.4 is 0 Å². The van der Waals surface area contributed by atoms with E-state index < -0.39 is 5.82 Å². The molecule has 220 valence electrons. The summed E-state index contributed by atoms with van der Waals surface area (Å²) in [6, 6.07) is 20.5. The van der Waals surface area contributed by atoms with Crippen LogP contribution in [0.4, 0.5) is 8.78 Å². The van der Waals surface area contributed by atoms with Crippen molar-refractivity contribution in [2.75, 3.05) is 0 Å². The van der Waals surface area contributed by atoms with Gasteiger partial charge in [-0.25, -0.2) is 8.78 Å². The minimum atomic E-state index is -0.491. The van der Waals surface area contributed by atoms with Gasteiger partial charge in [0.15, 0.2) is 0 Å². The van der Waals surface area contributed by atoms with Gasteiger partial charge in [-0.1, -0.05) is 88.1 Å². The summed E-state index contributed by atoms with van der Waals surface area (Å²) in [4.78, 5) is 1.52. The predicted octanol–water partition coefficient (Wildman–Crippen LogP) is 10.7. The Morgan fingerprint density at radius 1 is 0.721 bits per heavy atom. The van der Waals surface area contributed by atoms with E-state index in [9.17, 15) is 5.11 Å². The van der Waals surface area contributed by atoms with Crippen LogP contribution in [0.5, 0.6) is 5.75 Å². The second-order valence-electron chi connectivity index (χ2n) is 11.1. The van der Waals surface area contributed by atoms with Crippen LogP contribution in [0.2, 0.25) is 0 Å². The van der Waals surface area contributed by atoms with Crippen LogP contribution in [0.25, 0.3) is 32.7 Å². The quantitative estimate of drug-likeness (QED) is 0.149. The van der Waals surface area contributed by atoms with Gasteiger partial charge in [0.2, 0.25) is 0 Å². The third-order valence-electron chi connectivity index (χ3n) is 8.22. The van der Waals surface area contributed by atoms with Crippen molar-refractivity contribution in [3.05, 3.63) is 113 Å². The lowest BCUT2D eigenvalue weighted by Crippen LogP contribution is -2.18. The summed E-state index contributed by atoms with van der Waals surface area (Å²) in [6.07, 6.45) is 10.2. The highest BCUT2D eigenvalue weighted by atomic mass is 32.1. The van der Waals surface area contributed by atoms with Gasteiger partial charge in [-0.2, -0.15) is 0 Å². The first-order valence-corrected chi connectivity index (χ1v) is 15.7. The molecule has 1 heterocycles. The van der Waals surface area contributed by atoms with Gasteiger partial charge >= 0.3 is 0 Å². The SMILES string of the molecule is CCCCC(CC)CCc1ccc(-c2ccc(C3=CC=C(c4ccc(-c5ccc(O)cc5)cc4F)C(=N)C3=N)s2)c(F)c1. The van der Waals surface area contributed by atoms with Gasteiger partial charge in [-0.15, -0.1) is 11.3 Å². The maximum atomic E-state index is 15.2. The van der Waals surface area contributed by atoms with Gasteiger partial charge in [0, 0.05) is 32.0 Å². The minimum Gasteiger partial charge on any atom is -0.508 e. The third-order valence-corrected chi connectivity index (χ3v) is 9.37. The van der Waals surface area contributed by atoms with Crippen molar-refractivity contribution in [3.63, 3.8) is 0 Å². The molecular weight excluding hydrogens is 558 g/mol. The summed E-state index contributed by atoms with van der Waals surface area (Å²) in [5.41, 5.74) is 4.03. The number of unbranched alkanes of at least 4 members (excludes halogenated alkanes) is 1. The van der Waals surface area contributed by atoms with E-state index in [1.807, 2.05) is 24.3 Å². The molecule has 4 aromatic rings. The first-order chi connectivity index (χ1) is 20.8. The number of phenols is 1. The Bertz CT molecular complexity index is 1710. The number of nitrogens with one attached hydrogen (secondary N) is 2. The van der Waals surface area contributed by atoms with E-state index >= 15 is 8.78 Å². The normalized spacial score (nSPS) is 14.0. The molecule has 0 saturated carbocycles. The Hall–Kier alpha value is -4.16. The summed E-state index contributed by atoms with van der Waals surface area (Å²) < 4.78 is 30.4. The van der Waals surface area contributed by atoms with Crippen LogP contribution >= 0.6 is 11.3 Å². The number of thiophene rings is 1. The Morgan fingerprint density at radius 3 is 2.07 bits per heavy atom. The van der Waals surface area contributed by atoms with Gasteiger partial charge in [-0.3, -0.25) is 10.8 Å². The summed E-state index contributed by atoms with van der Waals surface area (Å²) in [7, 11) is 0. The second-order valence-corrected chi connectivity index (χ2v) is 12.2. The van der Waals surface area contributed by atoms with Crippen molar-refractivity contribution >= 4 is 33.9 Å². The molecule has 1 aliphatic rings. The number of aryl methyl sites for hydroxylation is 1. The van der Waals surface area contributed by atoms with E-state index in [1.165, 1.54) is 36.7 Å². The van der Waals surface area contributed by atoms with E-state index in [0.717, 1.165) is 40.1 Å². The Balaban J connectivity index is 1.33. The lowest BCUT2D eigenvalue weighted by molar-refractivity contribution is 0.421. The molecular formula is C37H36F2N2OS. The Labute approximate surface area is 256 Å². The highest BCUT2D eigenvalue weighted by Gasteiger charge is 2.24. The molecule has 5 rings (SSSR count). The van der Waals surface area contributed by atoms with Crippen LogP contribution in [0.3, 0.4) is 0 Å². The smallest absolute Gasteiger partial charge is 0.132 e. The van der Waals surface area contributed by atoms with Gasteiger partial charge in [0.25, 0.3) is 0 Å². The molecule has 43 heavy (non-hydrogen) atoms. The summed E-state index contributed by atoms with van der Waals surface area (Å²) in [5.74, 6) is 0.0737. The fourth-order valence-electron chi connectivity index (χ4n) is 5.56. The molecule has 6 heteroatoms. The van der Waals surface area contributed by atoms with E-state index in [4.69, 9.17) is 10.8 Å². The molecule has 3 aromatic carbocycles. The van der Waals surface area contributed by atoms with Crippen molar-refractivity contribution in [3.8, 4) is 27.3 Å². The topological polar surface area (TPSA) is 67.9 Å². The van der Waals surface area contributed by atoms with E-state index in [0.29, 0.717) is 28.2 Å². The first kappa shape index (κ1) is 30.3. The molecule has 1 atom stereocenters. The fourth-order valence-corrected chi connectivity index (χ4v) is 6.62. The van der Waals surface area contributed by atoms with E-state index in [2.05, 4.69) is 13.8 Å². The molecule has 0 amide bonds. The predicted molar refractivity (Wildman–Crippen MR) is 176 cm³/mol. The zero-order valence-corrected chi connectivity index (χ0v) is 25.3. The van der Waals surface area contributed by atoms with Crippen LogP contribution in [0.1, 0.15) is 62.0 Å². The van der Waals surface area contributed by atoms with Gasteiger partial charge in [0.1, 0.15) is 17.4 Å². The van der Waals surface area contributed by atoms with Crippen molar-refractivity contribution in [1.82, 2.24) is 0 Å².